The van der Waals surface area contributed by atoms with Crippen molar-refractivity contribution in [3.8, 4) is 0 Å². The summed E-state index contributed by atoms with van der Waals surface area (Å²) < 4.78 is 1.68. The summed E-state index contributed by atoms with van der Waals surface area (Å²) in [6.07, 6.45) is 1.97. The van der Waals surface area contributed by atoms with Crippen molar-refractivity contribution in [3.05, 3.63) is 31.8 Å². The van der Waals surface area contributed by atoms with Crippen LogP contribution in [0.25, 0.3) is 0 Å². The summed E-state index contributed by atoms with van der Waals surface area (Å²) in [6, 6.07) is 5.23. The van der Waals surface area contributed by atoms with E-state index >= 15 is 0 Å². The summed E-state index contributed by atoms with van der Waals surface area (Å²) in [7, 11) is 0. The molecule has 0 spiro atoms. The highest BCUT2D eigenvalue weighted by Gasteiger charge is 2.34. The van der Waals surface area contributed by atoms with Crippen LogP contribution in [0.1, 0.15) is 29.6 Å². The van der Waals surface area contributed by atoms with Crippen LogP contribution in [0.2, 0.25) is 0 Å². The third kappa shape index (κ3) is 4.17. The van der Waals surface area contributed by atoms with E-state index in [0.717, 1.165) is 20.9 Å². The zero-order chi connectivity index (χ0) is 14.0. The molecule has 2 rings (SSSR count). The number of carbonyl (C=O) groups is 2. The summed E-state index contributed by atoms with van der Waals surface area (Å²) >= 11 is 5.48. The van der Waals surface area contributed by atoms with Gasteiger partial charge in [-0.3, -0.25) is 9.59 Å². The van der Waals surface area contributed by atoms with Gasteiger partial charge < -0.3 is 10.4 Å². The lowest BCUT2D eigenvalue weighted by Crippen LogP contribution is -2.38. The zero-order valence-corrected chi connectivity index (χ0v) is 13.8. The van der Waals surface area contributed by atoms with Crippen molar-refractivity contribution < 1.29 is 14.7 Å². The molecule has 0 bridgehead atoms. The van der Waals surface area contributed by atoms with Crippen LogP contribution >= 0.6 is 38.5 Å². The Morgan fingerprint density at radius 1 is 1.47 bits per heavy atom. The highest BCUT2D eigenvalue weighted by atomic mass is 127. The van der Waals surface area contributed by atoms with E-state index in [-0.39, 0.29) is 18.4 Å². The van der Waals surface area contributed by atoms with Crippen LogP contribution in [0.5, 0.6) is 0 Å². The third-order valence-corrected chi connectivity index (χ3v) is 4.44. The minimum Gasteiger partial charge on any atom is -0.481 e. The second-order valence-electron chi connectivity index (χ2n) is 4.64. The number of benzene rings is 1. The molecule has 1 aromatic rings. The molecule has 102 valence electrons. The third-order valence-electron chi connectivity index (χ3n) is 3.08. The number of halogens is 2. The maximum Gasteiger partial charge on any atom is 0.305 e. The quantitative estimate of drug-likeness (QED) is 0.696. The Morgan fingerprint density at radius 3 is 2.74 bits per heavy atom. The van der Waals surface area contributed by atoms with E-state index in [4.69, 9.17) is 5.11 Å². The molecule has 2 N–H and O–H groups in total. The molecule has 0 saturated heterocycles. The van der Waals surface area contributed by atoms with Crippen LogP contribution in [0.3, 0.4) is 0 Å². The van der Waals surface area contributed by atoms with Crippen LogP contribution in [0.15, 0.2) is 22.7 Å². The minimum absolute atomic E-state index is 0.0159. The van der Waals surface area contributed by atoms with Crippen molar-refractivity contribution in [2.45, 2.75) is 25.3 Å². The fraction of sp³-hybridized carbons (Fsp3) is 0.385. The first kappa shape index (κ1) is 14.8. The van der Waals surface area contributed by atoms with Gasteiger partial charge in [0.15, 0.2) is 0 Å². The maximum atomic E-state index is 12.2. The van der Waals surface area contributed by atoms with Gasteiger partial charge in [0, 0.05) is 14.1 Å². The van der Waals surface area contributed by atoms with Crippen molar-refractivity contribution in [2.24, 2.45) is 5.92 Å². The Hall–Kier alpha value is -0.630. The number of hydrogen-bond donors (Lipinski definition) is 2. The van der Waals surface area contributed by atoms with Gasteiger partial charge in [-0.25, -0.2) is 0 Å². The fourth-order valence-electron chi connectivity index (χ4n) is 1.94. The average molecular weight is 438 g/mol. The van der Waals surface area contributed by atoms with Crippen molar-refractivity contribution in [3.63, 3.8) is 0 Å². The van der Waals surface area contributed by atoms with Crippen molar-refractivity contribution in [1.82, 2.24) is 5.32 Å². The molecule has 0 heterocycles. The van der Waals surface area contributed by atoms with Gasteiger partial charge in [-0.1, -0.05) is 0 Å². The Kier molecular flexibility index (Phi) is 4.83. The zero-order valence-electron chi connectivity index (χ0n) is 10.0. The summed E-state index contributed by atoms with van der Waals surface area (Å²) in [5, 5.41) is 11.7. The molecular formula is C13H13BrINO3. The van der Waals surface area contributed by atoms with Crippen LogP contribution in [-0.4, -0.2) is 23.0 Å². The predicted octanol–water partition coefficient (Wildman–Crippen LogP) is 3.04. The standard InChI is InChI=1S/C13H13BrINO3/c14-10-4-3-8(15)5-9(10)13(19)16-11(6-12(17)18)7-1-2-7/h3-5,7,11H,1-2,6H2,(H,16,19)(H,17,18). The van der Waals surface area contributed by atoms with Gasteiger partial charge in [-0.05, 0) is 75.5 Å². The Morgan fingerprint density at radius 2 is 2.16 bits per heavy atom. The van der Waals surface area contributed by atoms with E-state index in [1.165, 1.54) is 0 Å². The summed E-state index contributed by atoms with van der Waals surface area (Å²) in [5.74, 6) is -0.788. The molecule has 6 heteroatoms. The number of nitrogens with one attached hydrogen (secondary N) is 1. The van der Waals surface area contributed by atoms with Gasteiger partial charge in [-0.15, -0.1) is 0 Å². The van der Waals surface area contributed by atoms with E-state index in [1.807, 2.05) is 12.1 Å². The van der Waals surface area contributed by atoms with Crippen molar-refractivity contribution in [2.75, 3.05) is 0 Å². The molecular weight excluding hydrogens is 425 g/mol. The molecule has 1 aliphatic carbocycles. The lowest BCUT2D eigenvalue weighted by molar-refractivity contribution is -0.137. The van der Waals surface area contributed by atoms with Gasteiger partial charge in [0.25, 0.3) is 5.91 Å². The Balaban J connectivity index is 2.10. The van der Waals surface area contributed by atoms with Gasteiger partial charge in [-0.2, -0.15) is 0 Å². The fourth-order valence-corrected chi connectivity index (χ4v) is 2.86. The second-order valence-corrected chi connectivity index (χ2v) is 6.74. The normalized spacial score (nSPS) is 15.9. The highest BCUT2D eigenvalue weighted by molar-refractivity contribution is 14.1. The first-order chi connectivity index (χ1) is 8.97. The first-order valence-electron chi connectivity index (χ1n) is 5.95. The molecule has 1 unspecified atom stereocenters. The highest BCUT2D eigenvalue weighted by Crippen LogP contribution is 2.34. The van der Waals surface area contributed by atoms with Crippen LogP contribution in [-0.2, 0) is 4.79 Å². The van der Waals surface area contributed by atoms with E-state index in [1.54, 1.807) is 6.07 Å². The topological polar surface area (TPSA) is 66.4 Å². The van der Waals surface area contributed by atoms with Gasteiger partial charge >= 0.3 is 5.97 Å². The number of carboxylic acid groups (broad SMARTS) is 1. The van der Waals surface area contributed by atoms with E-state index in [2.05, 4.69) is 43.8 Å². The minimum atomic E-state index is -0.876. The molecule has 4 nitrogen and oxygen atoms in total. The van der Waals surface area contributed by atoms with E-state index < -0.39 is 5.97 Å². The van der Waals surface area contributed by atoms with E-state index in [9.17, 15) is 9.59 Å². The monoisotopic (exact) mass is 437 g/mol. The van der Waals surface area contributed by atoms with Crippen LogP contribution in [0.4, 0.5) is 0 Å². The van der Waals surface area contributed by atoms with Gasteiger partial charge in [0.05, 0.1) is 12.0 Å². The van der Waals surface area contributed by atoms with Crippen molar-refractivity contribution in [1.29, 1.82) is 0 Å². The lowest BCUT2D eigenvalue weighted by Gasteiger charge is -2.16. The number of amides is 1. The average Bonchev–Trinajstić information content (AvgIpc) is 3.14. The summed E-state index contributed by atoms with van der Waals surface area (Å²) in [4.78, 5) is 23.0. The number of aliphatic carboxylic acids is 1. The van der Waals surface area contributed by atoms with Crippen LogP contribution < -0.4 is 5.32 Å². The SMILES string of the molecule is O=C(O)CC(NC(=O)c1cc(I)ccc1Br)C1CC1. The largest absolute Gasteiger partial charge is 0.481 e. The summed E-state index contributed by atoms with van der Waals surface area (Å²) in [6.45, 7) is 0. The first-order valence-corrected chi connectivity index (χ1v) is 7.82. The molecule has 0 aromatic heterocycles. The molecule has 1 amide bonds. The Bertz CT molecular complexity index is 517. The van der Waals surface area contributed by atoms with Crippen molar-refractivity contribution >= 4 is 50.4 Å². The number of carbonyl (C=O) groups excluding carboxylic acids is 1. The molecule has 1 aromatic carbocycles. The predicted molar refractivity (Wildman–Crippen MR) is 83.1 cm³/mol. The van der Waals surface area contributed by atoms with Gasteiger partial charge in [0.2, 0.25) is 0 Å². The number of carboxylic acids is 1. The maximum absolute atomic E-state index is 12.2. The molecule has 0 aliphatic heterocycles. The molecule has 19 heavy (non-hydrogen) atoms. The molecule has 0 radical (unpaired) electrons. The molecule has 1 saturated carbocycles. The molecule has 1 fully saturated rings. The second kappa shape index (κ2) is 6.21. The van der Waals surface area contributed by atoms with Gasteiger partial charge in [0.1, 0.15) is 0 Å². The van der Waals surface area contributed by atoms with E-state index in [0.29, 0.717) is 11.5 Å². The number of hydrogen-bond acceptors (Lipinski definition) is 2. The lowest BCUT2D eigenvalue weighted by atomic mass is 10.1. The van der Waals surface area contributed by atoms with Crippen LogP contribution in [0, 0.1) is 9.49 Å². The Labute approximate surface area is 133 Å². The number of rotatable bonds is 5. The molecule has 1 atom stereocenters. The molecule has 1 aliphatic rings. The smallest absolute Gasteiger partial charge is 0.305 e. The summed E-state index contributed by atoms with van der Waals surface area (Å²) in [5.41, 5.74) is 0.544.